The van der Waals surface area contributed by atoms with E-state index in [9.17, 15) is 25.0 Å². The minimum Gasteiger partial charge on any atom is -0.439 e. The van der Waals surface area contributed by atoms with Gasteiger partial charge >= 0.3 is 5.97 Å². The van der Waals surface area contributed by atoms with Crippen LogP contribution in [-0.2, 0) is 16.0 Å². The maximum absolute atomic E-state index is 11.5. The Morgan fingerprint density at radius 3 is 2.24 bits per heavy atom. The Morgan fingerprint density at radius 2 is 1.86 bits per heavy atom. The molecule has 1 unspecified atom stereocenters. The van der Waals surface area contributed by atoms with Gasteiger partial charge in [-0.2, -0.15) is 0 Å². The number of nitro groups is 2. The molecule has 0 bridgehead atoms. The average molecular weight is 425 g/mol. The van der Waals surface area contributed by atoms with E-state index in [2.05, 4.69) is 5.92 Å². The molecule has 0 amide bonds. The monoisotopic (exact) mass is 424 g/mol. The van der Waals surface area contributed by atoms with Gasteiger partial charge in [-0.05, 0) is 28.2 Å². The number of nitrogens with zero attached hydrogens (tertiary/aromatic N) is 2. The van der Waals surface area contributed by atoms with Crippen LogP contribution >= 0.6 is 34.2 Å². The maximum atomic E-state index is 11.5. The summed E-state index contributed by atoms with van der Waals surface area (Å²) in [7, 11) is 0. The first kappa shape index (κ1) is 17.1. The van der Waals surface area contributed by atoms with Crippen molar-refractivity contribution in [1.82, 2.24) is 0 Å². The van der Waals surface area contributed by atoms with Crippen LogP contribution in [0.2, 0.25) is 5.02 Å². The Kier molecular flexibility index (Phi) is 5.86. The van der Waals surface area contributed by atoms with Crippen LogP contribution < -0.4 is 0 Å². The zero-order valence-electron chi connectivity index (χ0n) is 10.1. The smallest absolute Gasteiger partial charge is 0.312 e. The third-order valence-corrected chi connectivity index (χ3v) is 3.20. The summed E-state index contributed by atoms with van der Waals surface area (Å²) in [5, 5.41) is 21.0. The summed E-state index contributed by atoms with van der Waals surface area (Å²) in [6, 6.07) is 1.96. The average Bonchev–Trinajstić information content (AvgIpc) is 2.39. The van der Waals surface area contributed by atoms with Gasteiger partial charge in [0.05, 0.1) is 16.3 Å². The number of halogens is 2. The van der Waals surface area contributed by atoms with E-state index < -0.39 is 42.7 Å². The van der Waals surface area contributed by atoms with Crippen molar-refractivity contribution in [2.45, 2.75) is 10.5 Å². The van der Waals surface area contributed by atoms with Gasteiger partial charge in [0.2, 0.25) is 4.11 Å². The van der Waals surface area contributed by atoms with Crippen LogP contribution in [0.1, 0.15) is 5.56 Å². The van der Waals surface area contributed by atoms with Crippen LogP contribution in [0.5, 0.6) is 0 Å². The predicted octanol–water partition coefficient (Wildman–Crippen LogP) is 2.64. The Hall–Kier alpha value is -1.93. The fraction of sp³-hybridized carbons (Fsp3) is 0.182. The zero-order valence-corrected chi connectivity index (χ0v) is 13.0. The van der Waals surface area contributed by atoms with E-state index in [1.165, 1.54) is 0 Å². The standard InChI is InChI=1S/C11H6ClIN2O6/c1-2-9(13)21-10(16)5-6-3-7(14(17)18)11(12)8(4-6)15(19)20/h1,3-4,9H,5H2. The Balaban J connectivity index is 3.14. The topological polar surface area (TPSA) is 113 Å². The zero-order chi connectivity index (χ0) is 16.2. The molecule has 10 heteroatoms. The molecule has 0 N–H and O–H groups in total. The molecule has 1 aromatic rings. The number of hydrogen-bond donors (Lipinski definition) is 0. The molecule has 0 aliphatic heterocycles. The van der Waals surface area contributed by atoms with Crippen LogP contribution in [0, 0.1) is 32.6 Å². The molecule has 0 aliphatic rings. The van der Waals surface area contributed by atoms with Crippen molar-refractivity contribution in [1.29, 1.82) is 0 Å². The van der Waals surface area contributed by atoms with Gasteiger partial charge in [-0.3, -0.25) is 25.0 Å². The number of hydrogen-bond acceptors (Lipinski definition) is 6. The van der Waals surface area contributed by atoms with Crippen molar-refractivity contribution < 1.29 is 19.4 Å². The minimum absolute atomic E-state index is 0.0309. The number of benzene rings is 1. The fourth-order valence-corrected chi connectivity index (χ4v) is 1.91. The van der Waals surface area contributed by atoms with Gasteiger partial charge in [0, 0.05) is 12.1 Å². The van der Waals surface area contributed by atoms with Crippen molar-refractivity contribution in [2.75, 3.05) is 0 Å². The first-order chi connectivity index (χ1) is 9.76. The van der Waals surface area contributed by atoms with E-state index in [1.807, 2.05) is 0 Å². The summed E-state index contributed by atoms with van der Waals surface area (Å²) >= 11 is 7.27. The van der Waals surface area contributed by atoms with E-state index in [4.69, 9.17) is 22.8 Å². The van der Waals surface area contributed by atoms with Crippen LogP contribution in [0.25, 0.3) is 0 Å². The quantitative estimate of drug-likeness (QED) is 0.179. The van der Waals surface area contributed by atoms with Gasteiger partial charge in [-0.15, -0.1) is 6.42 Å². The second-order valence-electron chi connectivity index (χ2n) is 3.61. The highest BCUT2D eigenvalue weighted by atomic mass is 127. The number of terminal acetylenes is 1. The molecule has 1 atom stereocenters. The van der Waals surface area contributed by atoms with Crippen LogP contribution in [0.4, 0.5) is 11.4 Å². The lowest BCUT2D eigenvalue weighted by atomic mass is 10.1. The first-order valence-electron chi connectivity index (χ1n) is 5.17. The van der Waals surface area contributed by atoms with E-state index >= 15 is 0 Å². The fourth-order valence-electron chi connectivity index (χ4n) is 1.38. The number of carbonyl (C=O) groups is 1. The number of esters is 1. The van der Waals surface area contributed by atoms with E-state index in [0.29, 0.717) is 0 Å². The second kappa shape index (κ2) is 7.19. The molecule has 1 rings (SSSR count). The number of rotatable bonds is 5. The minimum atomic E-state index is -0.868. The van der Waals surface area contributed by atoms with Crippen molar-refractivity contribution in [3.8, 4) is 12.3 Å². The molecule has 0 radical (unpaired) electrons. The SMILES string of the molecule is C#CC(I)OC(=O)Cc1cc([N+](=O)[O-])c(Cl)c([N+](=O)[O-])c1. The normalized spacial score (nSPS) is 11.3. The van der Waals surface area contributed by atoms with Gasteiger partial charge in [-0.25, -0.2) is 0 Å². The molecular formula is C11H6ClIN2O6. The Morgan fingerprint density at radius 1 is 1.38 bits per heavy atom. The molecule has 1 aromatic carbocycles. The second-order valence-corrected chi connectivity index (χ2v) is 5.12. The van der Waals surface area contributed by atoms with Crippen molar-refractivity contribution in [2.24, 2.45) is 0 Å². The number of alkyl halides is 1. The molecule has 0 saturated heterocycles. The van der Waals surface area contributed by atoms with Crippen LogP contribution in [0.15, 0.2) is 12.1 Å². The molecule has 110 valence electrons. The van der Waals surface area contributed by atoms with Gasteiger partial charge in [0.15, 0.2) is 5.02 Å². The molecule has 0 aromatic heterocycles. The number of nitro benzene ring substituents is 2. The Labute approximate surface area is 136 Å². The summed E-state index contributed by atoms with van der Waals surface area (Å²) in [4.78, 5) is 31.4. The van der Waals surface area contributed by atoms with E-state index in [0.717, 1.165) is 12.1 Å². The summed E-state index contributed by atoms with van der Waals surface area (Å²) in [6.07, 6.45) is 4.63. The van der Waals surface area contributed by atoms with Crippen molar-refractivity contribution >= 4 is 51.5 Å². The summed E-state index contributed by atoms with van der Waals surface area (Å²) < 4.78 is 3.97. The van der Waals surface area contributed by atoms with E-state index in [1.54, 1.807) is 22.6 Å². The molecule has 21 heavy (non-hydrogen) atoms. The third kappa shape index (κ3) is 4.54. The summed E-state index contributed by atoms with van der Waals surface area (Å²) in [6.45, 7) is 0. The molecule has 8 nitrogen and oxygen atoms in total. The molecular weight excluding hydrogens is 418 g/mol. The highest BCUT2D eigenvalue weighted by molar-refractivity contribution is 14.1. The van der Waals surface area contributed by atoms with Crippen LogP contribution in [0.3, 0.4) is 0 Å². The number of carbonyl (C=O) groups excluding carboxylic acids is 1. The summed E-state index contributed by atoms with van der Waals surface area (Å²) in [5.74, 6) is 1.39. The van der Waals surface area contributed by atoms with Crippen LogP contribution in [-0.4, -0.2) is 19.9 Å². The highest BCUT2D eigenvalue weighted by Crippen LogP contribution is 2.35. The van der Waals surface area contributed by atoms with Gasteiger partial charge in [0.1, 0.15) is 0 Å². The van der Waals surface area contributed by atoms with Gasteiger partial charge in [0.25, 0.3) is 11.4 Å². The van der Waals surface area contributed by atoms with E-state index in [-0.39, 0.29) is 5.56 Å². The molecule has 0 spiro atoms. The first-order valence-corrected chi connectivity index (χ1v) is 6.79. The molecule has 0 heterocycles. The van der Waals surface area contributed by atoms with Crippen molar-refractivity contribution in [3.63, 3.8) is 0 Å². The predicted molar refractivity (Wildman–Crippen MR) is 81.2 cm³/mol. The highest BCUT2D eigenvalue weighted by Gasteiger charge is 2.26. The maximum Gasteiger partial charge on any atom is 0.312 e. The molecule has 0 saturated carbocycles. The largest absolute Gasteiger partial charge is 0.439 e. The molecule has 0 fully saturated rings. The summed E-state index contributed by atoms with van der Waals surface area (Å²) in [5.41, 5.74) is -1.28. The molecule has 0 aliphatic carbocycles. The number of ether oxygens (including phenoxy) is 1. The van der Waals surface area contributed by atoms with Gasteiger partial charge in [-0.1, -0.05) is 17.5 Å². The Bertz CT molecular complexity index is 622. The lowest BCUT2D eigenvalue weighted by molar-refractivity contribution is -0.394. The lowest BCUT2D eigenvalue weighted by Gasteiger charge is -2.06. The van der Waals surface area contributed by atoms with Gasteiger partial charge < -0.3 is 4.74 Å². The van der Waals surface area contributed by atoms with Crippen molar-refractivity contribution in [3.05, 3.63) is 42.9 Å². The lowest BCUT2D eigenvalue weighted by Crippen LogP contribution is -2.13. The third-order valence-electron chi connectivity index (χ3n) is 2.20.